The lowest BCUT2D eigenvalue weighted by atomic mass is 10.1. The number of nitrogens with zero attached hydrogens (tertiary/aromatic N) is 1. The summed E-state index contributed by atoms with van der Waals surface area (Å²) >= 11 is 0. The van der Waals surface area contributed by atoms with Gasteiger partial charge in [-0.1, -0.05) is 12.1 Å². The Morgan fingerprint density at radius 2 is 2.05 bits per heavy atom. The average Bonchev–Trinajstić information content (AvgIpc) is 2.53. The number of rotatable bonds is 5. The molecule has 0 aliphatic heterocycles. The lowest BCUT2D eigenvalue weighted by molar-refractivity contribution is 0.0696. The Bertz CT molecular complexity index is 713. The van der Waals surface area contributed by atoms with Crippen LogP contribution in [0.2, 0.25) is 0 Å². The Labute approximate surface area is 127 Å². The van der Waals surface area contributed by atoms with E-state index in [0.29, 0.717) is 17.9 Å². The molecule has 0 bridgehead atoms. The van der Waals surface area contributed by atoms with Crippen LogP contribution in [0, 0.1) is 0 Å². The maximum absolute atomic E-state index is 11.7. The van der Waals surface area contributed by atoms with Crippen molar-refractivity contribution in [3.05, 3.63) is 58.9 Å². The SMILES string of the molecule is CNC(=O)c1cc(C(=O)O)cc(Cc2cccc(OC)c2)n1. The summed E-state index contributed by atoms with van der Waals surface area (Å²) in [6, 6.07) is 10.1. The van der Waals surface area contributed by atoms with E-state index < -0.39 is 11.9 Å². The van der Waals surface area contributed by atoms with Crippen LogP contribution >= 0.6 is 0 Å². The molecule has 1 aromatic heterocycles. The molecule has 22 heavy (non-hydrogen) atoms. The third-order valence-corrected chi connectivity index (χ3v) is 3.10. The van der Waals surface area contributed by atoms with Gasteiger partial charge in [-0.2, -0.15) is 0 Å². The number of methoxy groups -OCH3 is 1. The zero-order chi connectivity index (χ0) is 16.1. The van der Waals surface area contributed by atoms with Crippen molar-refractivity contribution < 1.29 is 19.4 Å². The van der Waals surface area contributed by atoms with Crippen molar-refractivity contribution in [1.29, 1.82) is 0 Å². The van der Waals surface area contributed by atoms with E-state index in [0.717, 1.165) is 5.56 Å². The van der Waals surface area contributed by atoms with E-state index in [1.54, 1.807) is 7.11 Å². The van der Waals surface area contributed by atoms with E-state index in [-0.39, 0.29) is 11.3 Å². The van der Waals surface area contributed by atoms with E-state index >= 15 is 0 Å². The monoisotopic (exact) mass is 300 g/mol. The van der Waals surface area contributed by atoms with Crippen molar-refractivity contribution >= 4 is 11.9 Å². The molecule has 0 spiro atoms. The minimum absolute atomic E-state index is 0.0338. The molecule has 6 nitrogen and oxygen atoms in total. The fraction of sp³-hybridized carbons (Fsp3) is 0.188. The standard InChI is InChI=1S/C16H16N2O4/c1-17-15(19)14-9-11(16(20)21)8-12(18-14)6-10-4-3-5-13(7-10)22-2/h3-5,7-9H,6H2,1-2H3,(H,17,19)(H,20,21). The molecule has 0 aliphatic rings. The summed E-state index contributed by atoms with van der Waals surface area (Å²) in [5.74, 6) is -0.812. The number of amides is 1. The van der Waals surface area contributed by atoms with Gasteiger partial charge in [-0.05, 0) is 29.8 Å². The highest BCUT2D eigenvalue weighted by molar-refractivity contribution is 5.95. The Balaban J connectivity index is 2.38. The topological polar surface area (TPSA) is 88.5 Å². The second kappa shape index (κ2) is 6.71. The summed E-state index contributed by atoms with van der Waals surface area (Å²) in [5, 5.41) is 11.6. The van der Waals surface area contributed by atoms with Crippen LogP contribution in [0.5, 0.6) is 5.75 Å². The van der Waals surface area contributed by atoms with Crippen molar-refractivity contribution in [1.82, 2.24) is 10.3 Å². The maximum Gasteiger partial charge on any atom is 0.335 e. The van der Waals surface area contributed by atoms with Gasteiger partial charge in [0.25, 0.3) is 5.91 Å². The summed E-state index contributed by atoms with van der Waals surface area (Å²) in [6.45, 7) is 0. The first-order valence-electron chi connectivity index (χ1n) is 6.62. The van der Waals surface area contributed by atoms with Gasteiger partial charge in [0.1, 0.15) is 11.4 Å². The Morgan fingerprint density at radius 3 is 2.68 bits per heavy atom. The molecule has 0 saturated heterocycles. The largest absolute Gasteiger partial charge is 0.497 e. The first-order valence-corrected chi connectivity index (χ1v) is 6.62. The van der Waals surface area contributed by atoms with Gasteiger partial charge in [0.05, 0.1) is 12.7 Å². The van der Waals surface area contributed by atoms with Gasteiger partial charge in [0.15, 0.2) is 0 Å². The highest BCUT2D eigenvalue weighted by atomic mass is 16.5. The summed E-state index contributed by atoms with van der Waals surface area (Å²) < 4.78 is 5.16. The molecular formula is C16H16N2O4. The van der Waals surface area contributed by atoms with Gasteiger partial charge in [-0.15, -0.1) is 0 Å². The summed E-state index contributed by atoms with van der Waals surface area (Å²) in [5.41, 5.74) is 1.54. The molecular weight excluding hydrogens is 284 g/mol. The van der Waals surface area contributed by atoms with E-state index in [1.165, 1.54) is 19.2 Å². The van der Waals surface area contributed by atoms with Crippen molar-refractivity contribution in [3.63, 3.8) is 0 Å². The molecule has 0 aliphatic carbocycles. The van der Waals surface area contributed by atoms with Gasteiger partial charge in [-0.3, -0.25) is 4.79 Å². The zero-order valence-electron chi connectivity index (χ0n) is 12.3. The van der Waals surface area contributed by atoms with Gasteiger partial charge < -0.3 is 15.2 Å². The van der Waals surface area contributed by atoms with Crippen LogP contribution in [0.15, 0.2) is 36.4 Å². The van der Waals surface area contributed by atoms with Gasteiger partial charge in [-0.25, -0.2) is 9.78 Å². The summed E-state index contributed by atoms with van der Waals surface area (Å²) in [4.78, 5) is 27.1. The predicted molar refractivity (Wildman–Crippen MR) is 80.4 cm³/mol. The number of aromatic nitrogens is 1. The van der Waals surface area contributed by atoms with Crippen LogP contribution in [0.4, 0.5) is 0 Å². The van der Waals surface area contributed by atoms with Crippen molar-refractivity contribution in [3.8, 4) is 5.75 Å². The summed E-state index contributed by atoms with van der Waals surface area (Å²) in [7, 11) is 3.05. The van der Waals surface area contributed by atoms with Crippen LogP contribution in [-0.2, 0) is 6.42 Å². The molecule has 114 valence electrons. The molecule has 1 amide bonds. The third-order valence-electron chi connectivity index (χ3n) is 3.10. The first kappa shape index (κ1) is 15.5. The quantitative estimate of drug-likeness (QED) is 0.878. The molecule has 2 aromatic rings. The molecule has 0 radical (unpaired) electrons. The number of hydrogen-bond acceptors (Lipinski definition) is 4. The van der Waals surface area contributed by atoms with E-state index in [1.807, 2.05) is 24.3 Å². The van der Waals surface area contributed by atoms with Crippen LogP contribution < -0.4 is 10.1 Å². The average molecular weight is 300 g/mol. The fourth-order valence-corrected chi connectivity index (χ4v) is 2.04. The first-order chi connectivity index (χ1) is 10.5. The normalized spacial score (nSPS) is 10.1. The lowest BCUT2D eigenvalue weighted by Crippen LogP contribution is -2.20. The molecule has 2 N–H and O–H groups in total. The maximum atomic E-state index is 11.7. The highest BCUT2D eigenvalue weighted by Gasteiger charge is 2.13. The van der Waals surface area contributed by atoms with Crippen LogP contribution in [0.25, 0.3) is 0 Å². The number of hydrogen-bond donors (Lipinski definition) is 2. The number of ether oxygens (including phenoxy) is 1. The lowest BCUT2D eigenvalue weighted by Gasteiger charge is -2.07. The molecule has 2 rings (SSSR count). The molecule has 1 aromatic carbocycles. The summed E-state index contributed by atoms with van der Waals surface area (Å²) in [6.07, 6.45) is 0.405. The Hall–Kier alpha value is -2.89. The van der Waals surface area contributed by atoms with Gasteiger partial charge in [0.2, 0.25) is 0 Å². The molecule has 0 unspecified atom stereocenters. The molecule has 0 atom stereocenters. The van der Waals surface area contributed by atoms with Crippen LogP contribution in [0.3, 0.4) is 0 Å². The third kappa shape index (κ3) is 3.60. The van der Waals surface area contributed by atoms with Crippen molar-refractivity contribution in [2.45, 2.75) is 6.42 Å². The van der Waals surface area contributed by atoms with E-state index in [9.17, 15) is 9.59 Å². The number of carbonyl (C=O) groups excluding carboxylic acids is 1. The number of aromatic carboxylic acids is 1. The van der Waals surface area contributed by atoms with Crippen LogP contribution in [-0.4, -0.2) is 36.1 Å². The predicted octanol–water partition coefficient (Wildman–Crippen LogP) is 1.74. The van der Waals surface area contributed by atoms with Crippen molar-refractivity contribution in [2.75, 3.05) is 14.2 Å². The molecule has 6 heteroatoms. The molecule has 0 saturated carbocycles. The second-order valence-electron chi connectivity index (χ2n) is 4.64. The van der Waals surface area contributed by atoms with Crippen LogP contribution in [0.1, 0.15) is 32.1 Å². The highest BCUT2D eigenvalue weighted by Crippen LogP contribution is 2.16. The van der Waals surface area contributed by atoms with Gasteiger partial charge >= 0.3 is 5.97 Å². The number of carbonyl (C=O) groups is 2. The number of nitrogens with one attached hydrogen (secondary N) is 1. The smallest absolute Gasteiger partial charge is 0.335 e. The number of carboxylic acids is 1. The number of pyridine rings is 1. The Morgan fingerprint density at radius 1 is 1.27 bits per heavy atom. The van der Waals surface area contributed by atoms with Gasteiger partial charge in [0, 0.05) is 19.2 Å². The minimum Gasteiger partial charge on any atom is -0.497 e. The van der Waals surface area contributed by atoms with E-state index in [2.05, 4.69) is 10.3 Å². The second-order valence-corrected chi connectivity index (χ2v) is 4.64. The minimum atomic E-state index is -1.10. The zero-order valence-corrected chi connectivity index (χ0v) is 12.3. The molecule has 0 fully saturated rings. The number of benzene rings is 1. The van der Waals surface area contributed by atoms with E-state index in [4.69, 9.17) is 9.84 Å². The Kier molecular flexibility index (Phi) is 4.73. The molecule has 1 heterocycles. The van der Waals surface area contributed by atoms with Crippen molar-refractivity contribution in [2.24, 2.45) is 0 Å². The fourth-order valence-electron chi connectivity index (χ4n) is 2.04. The number of carboxylic acid groups (broad SMARTS) is 1.